The highest BCUT2D eigenvalue weighted by molar-refractivity contribution is 6.30. The van der Waals surface area contributed by atoms with Crippen molar-refractivity contribution < 1.29 is 9.13 Å². The Labute approximate surface area is 202 Å². The number of piperidine rings is 1. The van der Waals surface area contributed by atoms with Crippen molar-refractivity contribution in [1.29, 1.82) is 0 Å². The first-order valence-electron chi connectivity index (χ1n) is 11.8. The number of nitrogens with one attached hydrogen (secondary N) is 1. The van der Waals surface area contributed by atoms with Crippen molar-refractivity contribution in [3.05, 3.63) is 56.7 Å². The van der Waals surface area contributed by atoms with E-state index < -0.39 is 5.82 Å². The van der Waals surface area contributed by atoms with Crippen LogP contribution in [-0.2, 0) is 4.74 Å². The summed E-state index contributed by atoms with van der Waals surface area (Å²) in [5.74, 6) is 0.820. The number of anilines is 1. The molecule has 1 N–H and O–H groups in total. The van der Waals surface area contributed by atoms with Crippen LogP contribution in [0.15, 0.2) is 29.1 Å². The Bertz CT molecular complexity index is 1300. The minimum Gasteiger partial charge on any atom is -0.374 e. The average Bonchev–Trinajstić information content (AvgIpc) is 2.82. The minimum atomic E-state index is -0.535. The van der Waals surface area contributed by atoms with Gasteiger partial charge in [-0.3, -0.25) is 4.79 Å². The maximum Gasteiger partial charge on any atom is 0.262 e. The fourth-order valence-corrected chi connectivity index (χ4v) is 5.19. The van der Waals surface area contributed by atoms with Gasteiger partial charge in [-0.25, -0.2) is 18.8 Å². The van der Waals surface area contributed by atoms with Crippen LogP contribution >= 0.6 is 11.6 Å². The topological polar surface area (TPSA) is 71.8 Å². The smallest absolute Gasteiger partial charge is 0.262 e. The zero-order chi connectivity index (χ0) is 24.0. The number of ether oxygens (including phenoxy) is 1. The number of morpholine rings is 1. The Morgan fingerprint density at radius 1 is 1.24 bits per heavy atom. The lowest BCUT2D eigenvalue weighted by atomic mass is 9.87. The van der Waals surface area contributed by atoms with Crippen molar-refractivity contribution in [3.8, 4) is 11.4 Å². The van der Waals surface area contributed by atoms with Gasteiger partial charge in [-0.2, -0.15) is 0 Å². The number of rotatable bonds is 3. The number of benzene rings is 1. The minimum absolute atomic E-state index is 0.0990. The number of halogens is 2. The largest absolute Gasteiger partial charge is 0.374 e. The Hall–Kier alpha value is -2.55. The molecule has 2 aromatic heterocycles. The van der Waals surface area contributed by atoms with E-state index in [9.17, 15) is 9.18 Å². The number of hydrogen-bond acceptors (Lipinski definition) is 6. The second-order valence-electron chi connectivity index (χ2n) is 9.38. The quantitative estimate of drug-likeness (QED) is 0.609. The van der Waals surface area contributed by atoms with Crippen LogP contribution in [0.3, 0.4) is 0 Å². The molecule has 0 radical (unpaired) electrons. The normalized spacial score (nSPS) is 23.4. The Kier molecular flexibility index (Phi) is 6.31. The molecule has 3 unspecified atom stereocenters. The molecule has 0 amide bonds. The standard InChI is InChI=1S/C25H29ClFN5O2/c1-14-10-17(6-7-28-14)21-13-31(8-9-34-21)22-12-23-29-16(3)15(2)25(33)32(23)24(30-22)19-5-4-18(26)11-20(19)27/h4-5,11-12,14,17,21,28H,6-10,13H2,1-3H3. The summed E-state index contributed by atoms with van der Waals surface area (Å²) < 4.78 is 22.5. The molecule has 0 bridgehead atoms. The van der Waals surface area contributed by atoms with E-state index in [4.69, 9.17) is 21.3 Å². The third-order valence-corrected chi connectivity index (χ3v) is 7.28. The van der Waals surface area contributed by atoms with Gasteiger partial charge in [-0.15, -0.1) is 0 Å². The van der Waals surface area contributed by atoms with Crippen LogP contribution in [0.5, 0.6) is 0 Å². The average molecular weight is 486 g/mol. The molecule has 0 aliphatic carbocycles. The van der Waals surface area contributed by atoms with Gasteiger partial charge < -0.3 is 15.0 Å². The van der Waals surface area contributed by atoms with Crippen molar-refractivity contribution >= 4 is 23.1 Å². The van der Waals surface area contributed by atoms with Gasteiger partial charge in [0.25, 0.3) is 5.56 Å². The zero-order valence-corrected chi connectivity index (χ0v) is 20.4. The van der Waals surface area contributed by atoms with E-state index in [1.54, 1.807) is 19.1 Å². The van der Waals surface area contributed by atoms with Crippen molar-refractivity contribution in [2.45, 2.75) is 45.8 Å². The third kappa shape index (κ3) is 4.30. The molecule has 0 spiro atoms. The number of hydrogen-bond donors (Lipinski definition) is 1. The van der Waals surface area contributed by atoms with Gasteiger partial charge in [-0.1, -0.05) is 11.6 Å². The monoisotopic (exact) mass is 485 g/mol. The summed E-state index contributed by atoms with van der Waals surface area (Å²) in [4.78, 5) is 24.8. The molecule has 180 valence electrons. The third-order valence-electron chi connectivity index (χ3n) is 7.05. The van der Waals surface area contributed by atoms with E-state index in [-0.39, 0.29) is 28.1 Å². The number of aryl methyl sites for hydroxylation is 1. The van der Waals surface area contributed by atoms with Gasteiger partial charge >= 0.3 is 0 Å². The van der Waals surface area contributed by atoms with Gasteiger partial charge in [0.1, 0.15) is 17.3 Å². The lowest BCUT2D eigenvalue weighted by Gasteiger charge is -2.40. The first-order chi connectivity index (χ1) is 16.3. The van der Waals surface area contributed by atoms with Crippen LogP contribution in [0.2, 0.25) is 5.02 Å². The predicted molar refractivity (Wildman–Crippen MR) is 131 cm³/mol. The molecule has 2 aliphatic rings. The lowest BCUT2D eigenvalue weighted by Crippen LogP contribution is -2.49. The van der Waals surface area contributed by atoms with Gasteiger partial charge in [0.2, 0.25) is 0 Å². The molecule has 2 aliphatic heterocycles. The van der Waals surface area contributed by atoms with Gasteiger partial charge in [0.15, 0.2) is 5.82 Å². The first kappa shape index (κ1) is 23.2. The van der Waals surface area contributed by atoms with Crippen LogP contribution in [0.25, 0.3) is 17.0 Å². The first-order valence-corrected chi connectivity index (χ1v) is 12.2. The molecular weight excluding hydrogens is 457 g/mol. The van der Waals surface area contributed by atoms with E-state index in [2.05, 4.69) is 22.1 Å². The highest BCUT2D eigenvalue weighted by Gasteiger charge is 2.32. The Morgan fingerprint density at radius 2 is 2.06 bits per heavy atom. The second kappa shape index (κ2) is 9.24. The van der Waals surface area contributed by atoms with E-state index in [0.29, 0.717) is 54.4 Å². The molecule has 4 heterocycles. The molecule has 34 heavy (non-hydrogen) atoms. The molecule has 1 aromatic carbocycles. The van der Waals surface area contributed by atoms with Crippen molar-refractivity contribution in [2.75, 3.05) is 31.1 Å². The van der Waals surface area contributed by atoms with Crippen molar-refractivity contribution in [3.63, 3.8) is 0 Å². The molecule has 9 heteroatoms. The van der Waals surface area contributed by atoms with Gasteiger partial charge in [-0.05, 0) is 64.3 Å². The number of fused-ring (bicyclic) bond motifs is 1. The predicted octanol–water partition coefficient (Wildman–Crippen LogP) is 3.76. The van der Waals surface area contributed by atoms with Crippen LogP contribution < -0.4 is 15.8 Å². The fraction of sp³-hybridized carbons (Fsp3) is 0.480. The molecule has 3 aromatic rings. The summed E-state index contributed by atoms with van der Waals surface area (Å²) in [5, 5.41) is 3.78. The van der Waals surface area contributed by atoms with Gasteiger partial charge in [0.05, 0.1) is 18.3 Å². The summed E-state index contributed by atoms with van der Waals surface area (Å²) in [5.41, 5.74) is 1.55. The maximum atomic E-state index is 15.0. The van der Waals surface area contributed by atoms with Crippen LogP contribution in [0.4, 0.5) is 10.2 Å². The highest BCUT2D eigenvalue weighted by atomic mass is 35.5. The van der Waals surface area contributed by atoms with E-state index >= 15 is 0 Å². The summed E-state index contributed by atoms with van der Waals surface area (Å²) in [6.45, 7) is 8.68. The van der Waals surface area contributed by atoms with Crippen LogP contribution in [-0.4, -0.2) is 52.8 Å². The summed E-state index contributed by atoms with van der Waals surface area (Å²) in [6.07, 6.45) is 2.24. The fourth-order valence-electron chi connectivity index (χ4n) is 5.03. The SMILES string of the molecule is Cc1nc2cc(N3CCOC(C4CCNC(C)C4)C3)nc(-c3ccc(Cl)cc3F)n2c(=O)c1C. The summed E-state index contributed by atoms with van der Waals surface area (Å²) >= 11 is 5.99. The van der Waals surface area contributed by atoms with Crippen molar-refractivity contribution in [2.24, 2.45) is 5.92 Å². The molecular formula is C25H29ClFN5O2. The van der Waals surface area contributed by atoms with E-state index in [1.165, 1.54) is 10.5 Å². The highest BCUT2D eigenvalue weighted by Crippen LogP contribution is 2.30. The molecule has 5 rings (SSSR count). The summed E-state index contributed by atoms with van der Waals surface area (Å²) in [7, 11) is 0. The molecule has 2 saturated heterocycles. The molecule has 7 nitrogen and oxygen atoms in total. The second-order valence-corrected chi connectivity index (χ2v) is 9.81. The lowest BCUT2D eigenvalue weighted by molar-refractivity contribution is -0.0113. The molecule has 3 atom stereocenters. The van der Waals surface area contributed by atoms with Gasteiger partial charge in [0, 0.05) is 41.5 Å². The van der Waals surface area contributed by atoms with Crippen molar-refractivity contribution in [1.82, 2.24) is 19.7 Å². The Balaban J connectivity index is 1.60. The zero-order valence-electron chi connectivity index (χ0n) is 19.6. The molecule has 0 saturated carbocycles. The summed E-state index contributed by atoms with van der Waals surface area (Å²) in [6, 6.07) is 6.68. The van der Waals surface area contributed by atoms with Crippen LogP contribution in [0, 0.1) is 25.6 Å². The number of nitrogens with zero attached hydrogens (tertiary/aromatic N) is 4. The van der Waals surface area contributed by atoms with Crippen LogP contribution in [0.1, 0.15) is 31.0 Å². The maximum absolute atomic E-state index is 15.0. The van der Waals surface area contributed by atoms with E-state index in [1.807, 2.05) is 13.0 Å². The molecule has 2 fully saturated rings. The van der Waals surface area contributed by atoms with E-state index in [0.717, 1.165) is 19.4 Å². The Morgan fingerprint density at radius 3 is 2.82 bits per heavy atom. The number of aromatic nitrogens is 3.